The van der Waals surface area contributed by atoms with Gasteiger partial charge in [0.1, 0.15) is 5.92 Å². The van der Waals surface area contributed by atoms with Gasteiger partial charge in [-0.25, -0.2) is 0 Å². The third-order valence-electron chi connectivity index (χ3n) is 2.62. The molecule has 5 heteroatoms. The summed E-state index contributed by atoms with van der Waals surface area (Å²) < 4.78 is 4.64. The maximum absolute atomic E-state index is 12.1. The van der Waals surface area contributed by atoms with Crippen molar-refractivity contribution < 1.29 is 14.3 Å². The second kappa shape index (κ2) is 6.10. The Bertz CT molecular complexity index is 392. The van der Waals surface area contributed by atoms with E-state index in [4.69, 9.17) is 5.73 Å². The Morgan fingerprint density at radius 2 is 2.24 bits per heavy atom. The highest BCUT2D eigenvalue weighted by molar-refractivity contribution is 6.08. The Morgan fingerprint density at radius 3 is 2.71 bits per heavy atom. The lowest BCUT2D eigenvalue weighted by atomic mass is 9.87. The monoisotopic (exact) mass is 236 g/mol. The summed E-state index contributed by atoms with van der Waals surface area (Å²) in [5.41, 5.74) is 5.90. The summed E-state index contributed by atoms with van der Waals surface area (Å²) in [6.07, 6.45) is 3.00. The Morgan fingerprint density at radius 1 is 1.53 bits per heavy atom. The normalized spacial score (nSPS) is 13.8. The predicted molar refractivity (Wildman–Crippen MR) is 62.3 cm³/mol. The van der Waals surface area contributed by atoms with Crippen molar-refractivity contribution in [3.8, 4) is 0 Å². The van der Waals surface area contributed by atoms with Crippen molar-refractivity contribution in [2.75, 3.05) is 13.7 Å². The van der Waals surface area contributed by atoms with Gasteiger partial charge in [0, 0.05) is 18.0 Å². The summed E-state index contributed by atoms with van der Waals surface area (Å²) in [6, 6.07) is 3.27. The topological polar surface area (TPSA) is 82.3 Å². The molecule has 0 aliphatic heterocycles. The molecule has 1 rings (SSSR count). The molecule has 0 radical (unpaired) electrons. The lowest BCUT2D eigenvalue weighted by Gasteiger charge is -2.18. The molecule has 2 N–H and O–H groups in total. The van der Waals surface area contributed by atoms with Crippen LogP contribution in [0.25, 0.3) is 0 Å². The average molecular weight is 236 g/mol. The largest absolute Gasteiger partial charge is 0.468 e. The van der Waals surface area contributed by atoms with Crippen LogP contribution in [0.5, 0.6) is 0 Å². The van der Waals surface area contributed by atoms with E-state index in [1.807, 2.05) is 0 Å². The van der Waals surface area contributed by atoms with Crippen molar-refractivity contribution >= 4 is 11.8 Å². The number of hydrogen-bond donors (Lipinski definition) is 1. The molecule has 0 bridgehead atoms. The molecule has 0 aliphatic rings. The summed E-state index contributed by atoms with van der Waals surface area (Å²) in [6.45, 7) is 1.99. The van der Waals surface area contributed by atoms with Gasteiger partial charge in [-0.2, -0.15) is 0 Å². The highest BCUT2D eigenvalue weighted by Crippen LogP contribution is 2.18. The third kappa shape index (κ3) is 3.10. The third-order valence-corrected chi connectivity index (χ3v) is 2.62. The van der Waals surface area contributed by atoms with E-state index in [0.717, 1.165) is 0 Å². The van der Waals surface area contributed by atoms with E-state index < -0.39 is 11.9 Å². The number of Topliss-reactive ketones (excluding diaryl/α,β-unsaturated/α-hetero) is 1. The molecule has 1 heterocycles. The fourth-order valence-electron chi connectivity index (χ4n) is 1.55. The molecule has 0 aliphatic carbocycles. The van der Waals surface area contributed by atoms with Gasteiger partial charge in [0.25, 0.3) is 0 Å². The second-order valence-electron chi connectivity index (χ2n) is 3.82. The Kier molecular flexibility index (Phi) is 4.78. The van der Waals surface area contributed by atoms with Crippen molar-refractivity contribution in [1.29, 1.82) is 0 Å². The number of nitrogens with zero attached hydrogens (tertiary/aromatic N) is 1. The first kappa shape index (κ1) is 13.3. The summed E-state index contributed by atoms with van der Waals surface area (Å²) in [5, 5.41) is 0. The first-order valence-corrected chi connectivity index (χ1v) is 5.34. The number of aromatic nitrogens is 1. The number of carbonyl (C=O) groups excluding carboxylic acids is 2. The number of pyridine rings is 1. The Labute approximate surface area is 100.0 Å². The predicted octanol–water partition coefficient (Wildman–Crippen LogP) is 0.648. The zero-order valence-corrected chi connectivity index (χ0v) is 9.92. The lowest BCUT2D eigenvalue weighted by Crippen LogP contribution is -2.35. The number of carbonyl (C=O) groups is 2. The maximum atomic E-state index is 12.1. The number of methoxy groups -OCH3 is 1. The molecule has 0 aromatic carbocycles. The minimum absolute atomic E-state index is 0.242. The highest BCUT2D eigenvalue weighted by atomic mass is 16.5. The molecule has 0 fully saturated rings. The zero-order valence-electron chi connectivity index (χ0n) is 9.92. The summed E-state index contributed by atoms with van der Waals surface area (Å²) in [7, 11) is 1.26. The van der Waals surface area contributed by atoms with Crippen molar-refractivity contribution in [2.45, 2.75) is 6.92 Å². The van der Waals surface area contributed by atoms with Gasteiger partial charge in [0.05, 0.1) is 7.11 Å². The van der Waals surface area contributed by atoms with Crippen LogP contribution in [0, 0.1) is 11.8 Å². The van der Waals surface area contributed by atoms with Crippen LogP contribution in [-0.2, 0) is 9.53 Å². The van der Waals surface area contributed by atoms with Gasteiger partial charge in [-0.3, -0.25) is 14.6 Å². The van der Waals surface area contributed by atoms with Crippen LogP contribution in [0.3, 0.4) is 0 Å². The van der Waals surface area contributed by atoms with Gasteiger partial charge in [0.2, 0.25) is 0 Å². The fraction of sp³-hybridized carbons (Fsp3) is 0.417. The zero-order chi connectivity index (χ0) is 12.8. The van der Waals surface area contributed by atoms with Crippen LogP contribution in [0.2, 0.25) is 0 Å². The molecule has 1 aromatic rings. The van der Waals surface area contributed by atoms with E-state index in [2.05, 4.69) is 9.72 Å². The summed E-state index contributed by atoms with van der Waals surface area (Å²) >= 11 is 0. The van der Waals surface area contributed by atoms with Gasteiger partial charge < -0.3 is 10.5 Å². The lowest BCUT2D eigenvalue weighted by molar-refractivity contribution is -0.145. The average Bonchev–Trinajstić information content (AvgIpc) is 2.39. The SMILES string of the molecule is COC(=O)C(C(=O)c1cccnc1)C(C)CN. The summed E-state index contributed by atoms with van der Waals surface area (Å²) in [5.74, 6) is -2.00. The minimum atomic E-state index is -0.866. The number of esters is 1. The first-order valence-electron chi connectivity index (χ1n) is 5.34. The molecule has 17 heavy (non-hydrogen) atoms. The van der Waals surface area contributed by atoms with Crippen LogP contribution in [0.1, 0.15) is 17.3 Å². The number of hydrogen-bond acceptors (Lipinski definition) is 5. The smallest absolute Gasteiger partial charge is 0.316 e. The van der Waals surface area contributed by atoms with Crippen LogP contribution in [-0.4, -0.2) is 30.4 Å². The maximum Gasteiger partial charge on any atom is 0.316 e. The van der Waals surface area contributed by atoms with Crippen molar-refractivity contribution in [3.05, 3.63) is 30.1 Å². The van der Waals surface area contributed by atoms with Gasteiger partial charge in [0.15, 0.2) is 5.78 Å². The number of ketones is 1. The number of rotatable bonds is 5. The fourth-order valence-corrected chi connectivity index (χ4v) is 1.55. The van der Waals surface area contributed by atoms with Crippen molar-refractivity contribution in [3.63, 3.8) is 0 Å². The van der Waals surface area contributed by atoms with E-state index in [1.165, 1.54) is 13.3 Å². The van der Waals surface area contributed by atoms with Crippen molar-refractivity contribution in [1.82, 2.24) is 4.98 Å². The van der Waals surface area contributed by atoms with E-state index in [1.54, 1.807) is 25.3 Å². The molecule has 0 amide bonds. The van der Waals surface area contributed by atoms with Crippen LogP contribution >= 0.6 is 0 Å². The molecule has 2 atom stereocenters. The Hall–Kier alpha value is -1.75. The molecule has 92 valence electrons. The van der Waals surface area contributed by atoms with Crippen molar-refractivity contribution in [2.24, 2.45) is 17.6 Å². The van der Waals surface area contributed by atoms with E-state index >= 15 is 0 Å². The molecule has 0 saturated heterocycles. The molecule has 0 spiro atoms. The second-order valence-corrected chi connectivity index (χ2v) is 3.82. The van der Waals surface area contributed by atoms with Crippen LogP contribution in [0.15, 0.2) is 24.5 Å². The van der Waals surface area contributed by atoms with Gasteiger partial charge in [-0.15, -0.1) is 0 Å². The van der Waals surface area contributed by atoms with E-state index in [-0.39, 0.29) is 18.2 Å². The minimum Gasteiger partial charge on any atom is -0.468 e. The highest BCUT2D eigenvalue weighted by Gasteiger charge is 2.33. The first-order chi connectivity index (χ1) is 8.11. The van der Waals surface area contributed by atoms with Crippen LogP contribution in [0.4, 0.5) is 0 Å². The molecule has 0 saturated carbocycles. The quantitative estimate of drug-likeness (QED) is 0.461. The number of nitrogens with two attached hydrogens (primary N) is 1. The van der Waals surface area contributed by atoms with Gasteiger partial charge in [-0.1, -0.05) is 6.92 Å². The van der Waals surface area contributed by atoms with Gasteiger partial charge in [-0.05, 0) is 24.6 Å². The number of ether oxygens (including phenoxy) is 1. The van der Waals surface area contributed by atoms with E-state index in [9.17, 15) is 9.59 Å². The Balaban J connectivity index is 2.99. The van der Waals surface area contributed by atoms with Crippen LogP contribution < -0.4 is 5.73 Å². The van der Waals surface area contributed by atoms with Gasteiger partial charge >= 0.3 is 5.97 Å². The van der Waals surface area contributed by atoms with E-state index in [0.29, 0.717) is 5.56 Å². The molecule has 1 aromatic heterocycles. The molecule has 5 nitrogen and oxygen atoms in total. The standard InChI is InChI=1S/C12H16N2O3/c1-8(6-13)10(12(16)17-2)11(15)9-4-3-5-14-7-9/h3-5,7-8,10H,6,13H2,1-2H3. The molecular weight excluding hydrogens is 220 g/mol. The summed E-state index contributed by atoms with van der Waals surface area (Å²) in [4.78, 5) is 27.6. The molecular formula is C12H16N2O3. The molecule has 2 unspecified atom stereocenters.